The lowest BCUT2D eigenvalue weighted by Crippen LogP contribution is -2.39. The van der Waals surface area contributed by atoms with Crippen LogP contribution >= 0.6 is 0 Å². The van der Waals surface area contributed by atoms with E-state index >= 15 is 0 Å². The molecule has 21 heavy (non-hydrogen) atoms. The normalized spacial score (nSPS) is 23.3. The van der Waals surface area contributed by atoms with Crippen LogP contribution in [0.15, 0.2) is 20.7 Å². The van der Waals surface area contributed by atoms with Crippen molar-refractivity contribution in [1.29, 1.82) is 0 Å². The Morgan fingerprint density at radius 2 is 2.14 bits per heavy atom. The van der Waals surface area contributed by atoms with E-state index in [1.54, 1.807) is 6.92 Å². The van der Waals surface area contributed by atoms with Crippen LogP contribution in [0.4, 0.5) is 0 Å². The van der Waals surface area contributed by atoms with E-state index in [1.807, 2.05) is 4.98 Å². The van der Waals surface area contributed by atoms with Crippen LogP contribution in [-0.2, 0) is 14.8 Å². The molecule has 2 heterocycles. The SMILES string of the molecule is CCC1(C(=O)O)CCN(S(=O)(=O)c2c[nH]c(=O)[nH]c2=O)C1. The van der Waals surface area contributed by atoms with E-state index in [2.05, 4.69) is 4.98 Å². The fourth-order valence-electron chi connectivity index (χ4n) is 2.38. The molecular formula is C11H15N3O6S. The van der Waals surface area contributed by atoms with Gasteiger partial charge in [0.1, 0.15) is 0 Å². The van der Waals surface area contributed by atoms with E-state index in [0.717, 1.165) is 10.5 Å². The van der Waals surface area contributed by atoms with Gasteiger partial charge in [0.15, 0.2) is 4.90 Å². The van der Waals surface area contributed by atoms with E-state index < -0.39 is 37.6 Å². The molecule has 9 nitrogen and oxygen atoms in total. The highest BCUT2D eigenvalue weighted by molar-refractivity contribution is 7.89. The lowest BCUT2D eigenvalue weighted by molar-refractivity contribution is -0.148. The molecule has 3 N–H and O–H groups in total. The van der Waals surface area contributed by atoms with Gasteiger partial charge in [-0.05, 0) is 12.8 Å². The molecule has 0 bridgehead atoms. The number of hydrogen-bond donors (Lipinski definition) is 3. The molecule has 0 aliphatic carbocycles. The van der Waals surface area contributed by atoms with Crippen LogP contribution in [0.25, 0.3) is 0 Å². The largest absolute Gasteiger partial charge is 0.481 e. The molecule has 1 saturated heterocycles. The average Bonchev–Trinajstić information content (AvgIpc) is 2.84. The number of nitrogens with zero attached hydrogens (tertiary/aromatic N) is 1. The summed E-state index contributed by atoms with van der Waals surface area (Å²) in [7, 11) is -4.14. The van der Waals surface area contributed by atoms with E-state index in [9.17, 15) is 27.9 Å². The maximum atomic E-state index is 12.4. The molecule has 0 amide bonds. The average molecular weight is 317 g/mol. The Hall–Kier alpha value is -1.94. The first-order valence-corrected chi connectivity index (χ1v) is 7.72. The number of carbonyl (C=O) groups is 1. The molecule has 0 aromatic carbocycles. The number of H-pyrrole nitrogens is 2. The third-order valence-electron chi connectivity index (χ3n) is 3.85. The molecule has 116 valence electrons. The van der Waals surface area contributed by atoms with Gasteiger partial charge < -0.3 is 10.1 Å². The van der Waals surface area contributed by atoms with Gasteiger partial charge in [-0.3, -0.25) is 14.6 Å². The predicted octanol–water partition coefficient (Wildman–Crippen LogP) is -1.06. The third kappa shape index (κ3) is 2.51. The highest BCUT2D eigenvalue weighted by Crippen LogP contribution is 2.36. The second-order valence-electron chi connectivity index (χ2n) is 4.96. The van der Waals surface area contributed by atoms with Crippen LogP contribution in [0.3, 0.4) is 0 Å². The Morgan fingerprint density at radius 3 is 2.62 bits per heavy atom. The minimum atomic E-state index is -4.14. The van der Waals surface area contributed by atoms with Gasteiger partial charge in [-0.15, -0.1) is 0 Å². The lowest BCUT2D eigenvalue weighted by Gasteiger charge is -2.22. The number of aromatic amines is 2. The molecule has 1 atom stereocenters. The van der Waals surface area contributed by atoms with Crippen LogP contribution in [0.2, 0.25) is 0 Å². The predicted molar refractivity (Wildman–Crippen MR) is 71.4 cm³/mol. The molecule has 0 saturated carbocycles. The number of hydrogen-bond acceptors (Lipinski definition) is 5. The molecular weight excluding hydrogens is 302 g/mol. The molecule has 1 unspecified atom stereocenters. The maximum absolute atomic E-state index is 12.4. The van der Waals surface area contributed by atoms with E-state index in [4.69, 9.17) is 0 Å². The van der Waals surface area contributed by atoms with Gasteiger partial charge in [0.25, 0.3) is 5.56 Å². The van der Waals surface area contributed by atoms with E-state index in [1.165, 1.54) is 0 Å². The second-order valence-corrected chi connectivity index (χ2v) is 6.87. The van der Waals surface area contributed by atoms with E-state index in [-0.39, 0.29) is 25.9 Å². The number of carboxylic acids is 1. The van der Waals surface area contributed by atoms with Crippen molar-refractivity contribution < 1.29 is 18.3 Å². The van der Waals surface area contributed by atoms with Gasteiger partial charge >= 0.3 is 11.7 Å². The summed E-state index contributed by atoms with van der Waals surface area (Å²) < 4.78 is 25.7. The first-order valence-electron chi connectivity index (χ1n) is 6.28. The maximum Gasteiger partial charge on any atom is 0.325 e. The van der Waals surface area contributed by atoms with Crippen LogP contribution in [0, 0.1) is 5.41 Å². The summed E-state index contributed by atoms with van der Waals surface area (Å²) in [4.78, 5) is 37.2. The van der Waals surface area contributed by atoms with Gasteiger partial charge in [0.05, 0.1) is 5.41 Å². The highest BCUT2D eigenvalue weighted by atomic mass is 32.2. The molecule has 0 spiro atoms. The first-order chi connectivity index (χ1) is 9.73. The molecule has 1 aromatic heterocycles. The van der Waals surface area contributed by atoms with Crippen molar-refractivity contribution in [3.8, 4) is 0 Å². The minimum absolute atomic E-state index is 0.0149. The summed E-state index contributed by atoms with van der Waals surface area (Å²) in [6.45, 7) is 1.50. The summed E-state index contributed by atoms with van der Waals surface area (Å²) in [5.41, 5.74) is -2.97. The van der Waals surface area contributed by atoms with Crippen molar-refractivity contribution in [2.24, 2.45) is 5.41 Å². The Bertz CT molecular complexity index is 780. The zero-order valence-corrected chi connectivity index (χ0v) is 12.1. The molecule has 1 aliphatic rings. The molecule has 1 aromatic rings. The Labute approximate surface area is 119 Å². The summed E-state index contributed by atoms with van der Waals surface area (Å²) in [5.74, 6) is -1.06. The fourth-order valence-corrected chi connectivity index (χ4v) is 3.90. The van der Waals surface area contributed by atoms with Crippen molar-refractivity contribution in [3.63, 3.8) is 0 Å². The van der Waals surface area contributed by atoms with Crippen molar-refractivity contribution in [2.45, 2.75) is 24.7 Å². The van der Waals surface area contributed by atoms with Gasteiger partial charge in [0.2, 0.25) is 10.0 Å². The number of carboxylic acid groups (broad SMARTS) is 1. The zero-order valence-electron chi connectivity index (χ0n) is 11.2. The van der Waals surface area contributed by atoms with Gasteiger partial charge in [-0.2, -0.15) is 4.31 Å². The standard InChI is InChI=1S/C11H15N3O6S/c1-2-11(9(16)17)3-4-14(6-11)21(19,20)7-5-12-10(18)13-8(7)15/h5H,2-4,6H2,1H3,(H,16,17)(H2,12,13,15,18). The summed E-state index contributed by atoms with van der Waals surface area (Å²) in [6.07, 6.45) is 1.29. The third-order valence-corrected chi connectivity index (χ3v) is 5.70. The topological polar surface area (TPSA) is 140 Å². The second kappa shape index (κ2) is 5.11. The van der Waals surface area contributed by atoms with Crippen LogP contribution < -0.4 is 11.2 Å². The summed E-state index contributed by atoms with van der Waals surface area (Å²) >= 11 is 0. The monoisotopic (exact) mass is 317 g/mol. The number of rotatable bonds is 4. The van der Waals surface area contributed by atoms with Crippen LogP contribution in [0.1, 0.15) is 19.8 Å². The van der Waals surface area contributed by atoms with Gasteiger partial charge in [0, 0.05) is 19.3 Å². The Morgan fingerprint density at radius 1 is 1.48 bits per heavy atom. The van der Waals surface area contributed by atoms with Crippen molar-refractivity contribution in [3.05, 3.63) is 27.0 Å². The molecule has 1 fully saturated rings. The van der Waals surface area contributed by atoms with E-state index in [0.29, 0.717) is 0 Å². The molecule has 1 aliphatic heterocycles. The van der Waals surface area contributed by atoms with Crippen molar-refractivity contribution in [2.75, 3.05) is 13.1 Å². The lowest BCUT2D eigenvalue weighted by atomic mass is 9.85. The number of sulfonamides is 1. The Balaban J connectivity index is 2.41. The minimum Gasteiger partial charge on any atom is -0.481 e. The number of aromatic nitrogens is 2. The summed E-state index contributed by atoms with van der Waals surface area (Å²) in [6, 6.07) is 0. The summed E-state index contributed by atoms with van der Waals surface area (Å²) in [5, 5.41) is 9.27. The van der Waals surface area contributed by atoms with Crippen LogP contribution in [-0.4, -0.2) is 46.9 Å². The first kappa shape index (κ1) is 15.4. The van der Waals surface area contributed by atoms with Gasteiger partial charge in [-0.1, -0.05) is 6.92 Å². The van der Waals surface area contributed by atoms with Gasteiger partial charge in [-0.25, -0.2) is 13.2 Å². The van der Waals surface area contributed by atoms with Crippen LogP contribution in [0.5, 0.6) is 0 Å². The quantitative estimate of drug-likeness (QED) is 0.646. The van der Waals surface area contributed by atoms with Crippen molar-refractivity contribution >= 4 is 16.0 Å². The number of aliphatic carboxylic acids is 1. The smallest absolute Gasteiger partial charge is 0.325 e. The Kier molecular flexibility index (Phi) is 3.76. The highest BCUT2D eigenvalue weighted by Gasteiger charge is 2.47. The van der Waals surface area contributed by atoms with Crippen molar-refractivity contribution in [1.82, 2.24) is 14.3 Å². The zero-order chi connectivity index (χ0) is 15.8. The molecule has 0 radical (unpaired) electrons. The molecule has 10 heteroatoms. The fraction of sp³-hybridized carbons (Fsp3) is 0.545. The number of nitrogens with one attached hydrogen (secondary N) is 2. The molecule has 2 rings (SSSR count).